The molecule has 0 unspecified atom stereocenters. The van der Waals surface area contributed by atoms with Gasteiger partial charge in [-0.15, -0.1) is 0 Å². The van der Waals surface area contributed by atoms with E-state index in [0.717, 1.165) is 5.39 Å². The Labute approximate surface area is 200 Å². The highest BCUT2D eigenvalue weighted by Crippen LogP contribution is 2.21. The molecule has 0 spiro atoms. The minimum atomic E-state index is -0.717. The van der Waals surface area contributed by atoms with E-state index in [9.17, 15) is 18.8 Å². The van der Waals surface area contributed by atoms with Crippen LogP contribution in [0.2, 0.25) is 5.02 Å². The van der Waals surface area contributed by atoms with Crippen LogP contribution in [-0.4, -0.2) is 55.2 Å². The van der Waals surface area contributed by atoms with Crippen molar-refractivity contribution in [2.24, 2.45) is 0 Å². The Morgan fingerprint density at radius 2 is 1.94 bits per heavy atom. The fourth-order valence-corrected chi connectivity index (χ4v) is 3.39. The van der Waals surface area contributed by atoms with Crippen LogP contribution in [0, 0.1) is 5.82 Å². The number of carbonyl (C=O) groups is 3. The maximum atomic E-state index is 13.5. The molecule has 0 saturated heterocycles. The second-order valence-corrected chi connectivity index (χ2v) is 7.79. The average Bonchev–Trinajstić information content (AvgIpc) is 2.83. The summed E-state index contributed by atoms with van der Waals surface area (Å²) >= 11 is 5.91. The van der Waals surface area contributed by atoms with E-state index in [1.807, 2.05) is 0 Å². The number of fused-ring (bicyclic) bond motifs is 1. The number of rotatable bonds is 8. The number of likely N-dealkylation sites (N-methyl/N-ethyl adjacent to an activating group) is 1. The van der Waals surface area contributed by atoms with Crippen molar-refractivity contribution in [3.63, 3.8) is 0 Å². The van der Waals surface area contributed by atoms with Crippen molar-refractivity contribution in [3.8, 4) is 0 Å². The molecule has 10 heteroatoms. The number of halogens is 2. The predicted octanol–water partition coefficient (Wildman–Crippen LogP) is 4.45. The summed E-state index contributed by atoms with van der Waals surface area (Å²) in [7, 11) is 2.89. The molecule has 0 radical (unpaired) electrons. The minimum Gasteiger partial charge on any atom is -0.465 e. The monoisotopic (exact) mass is 487 g/mol. The Morgan fingerprint density at radius 3 is 2.71 bits per heavy atom. The number of aryl methyl sites for hydroxylation is 1. The van der Waals surface area contributed by atoms with Gasteiger partial charge in [-0.3, -0.25) is 10.1 Å². The Hall–Kier alpha value is -3.72. The van der Waals surface area contributed by atoms with Gasteiger partial charge in [0.15, 0.2) is 0 Å². The lowest BCUT2D eigenvalue weighted by Gasteiger charge is -2.17. The van der Waals surface area contributed by atoms with Gasteiger partial charge in [0.05, 0.1) is 24.2 Å². The first kappa shape index (κ1) is 24.9. The fourth-order valence-electron chi connectivity index (χ4n) is 3.17. The molecule has 0 saturated carbocycles. The maximum Gasteiger partial charge on any atom is 0.412 e. The molecular weight excluding hydrogens is 465 g/mol. The number of methoxy groups -OCH3 is 1. The molecule has 0 aliphatic carbocycles. The van der Waals surface area contributed by atoms with Gasteiger partial charge < -0.3 is 14.4 Å². The molecule has 2 amide bonds. The van der Waals surface area contributed by atoms with Gasteiger partial charge in [-0.1, -0.05) is 29.8 Å². The molecular formula is C24H23ClFN3O5. The number of anilines is 1. The third kappa shape index (κ3) is 6.41. The molecule has 0 aliphatic heterocycles. The number of benzene rings is 2. The molecule has 1 heterocycles. The summed E-state index contributed by atoms with van der Waals surface area (Å²) in [6.45, 7) is 0.162. The van der Waals surface area contributed by atoms with Crippen LogP contribution in [0.1, 0.15) is 22.3 Å². The zero-order valence-electron chi connectivity index (χ0n) is 18.6. The highest BCUT2D eigenvalue weighted by atomic mass is 35.5. The van der Waals surface area contributed by atoms with Crippen molar-refractivity contribution in [2.75, 3.05) is 32.6 Å². The molecule has 0 atom stereocenters. The SMILES string of the molecule is COC(=O)c1ccc2cc(NC(=O)OCCN(C)C(=O)CCc3cccc(F)c3Cl)ncc2c1. The summed E-state index contributed by atoms with van der Waals surface area (Å²) in [5, 5.41) is 4.02. The number of ether oxygens (including phenoxy) is 2. The summed E-state index contributed by atoms with van der Waals surface area (Å²) < 4.78 is 23.3. The molecule has 2 aromatic carbocycles. The average molecular weight is 488 g/mol. The number of esters is 1. The number of aromatic nitrogens is 1. The fraction of sp³-hybridized carbons (Fsp3) is 0.250. The summed E-state index contributed by atoms with van der Waals surface area (Å²) in [5.74, 6) is -0.883. The van der Waals surface area contributed by atoms with E-state index in [2.05, 4.69) is 10.3 Å². The van der Waals surface area contributed by atoms with Crippen LogP contribution in [0.5, 0.6) is 0 Å². The van der Waals surface area contributed by atoms with Crippen LogP contribution in [0.25, 0.3) is 10.8 Å². The summed E-state index contributed by atoms with van der Waals surface area (Å²) in [6, 6.07) is 11.1. The van der Waals surface area contributed by atoms with E-state index in [-0.39, 0.29) is 36.3 Å². The van der Waals surface area contributed by atoms with Crippen molar-refractivity contribution in [1.82, 2.24) is 9.88 Å². The first-order chi connectivity index (χ1) is 16.3. The van der Waals surface area contributed by atoms with Gasteiger partial charge in [-0.2, -0.15) is 0 Å². The van der Waals surface area contributed by atoms with Gasteiger partial charge in [0.25, 0.3) is 0 Å². The van der Waals surface area contributed by atoms with E-state index in [1.54, 1.807) is 43.4 Å². The molecule has 3 aromatic rings. The number of hydrogen-bond donors (Lipinski definition) is 1. The first-order valence-electron chi connectivity index (χ1n) is 10.4. The predicted molar refractivity (Wildman–Crippen MR) is 125 cm³/mol. The molecule has 0 fully saturated rings. The molecule has 1 aromatic heterocycles. The molecule has 3 rings (SSSR count). The van der Waals surface area contributed by atoms with Crippen molar-refractivity contribution in [2.45, 2.75) is 12.8 Å². The van der Waals surface area contributed by atoms with Gasteiger partial charge in [-0.25, -0.2) is 19.0 Å². The van der Waals surface area contributed by atoms with Crippen molar-refractivity contribution in [3.05, 3.63) is 70.6 Å². The Bertz CT molecular complexity index is 1220. The lowest BCUT2D eigenvalue weighted by atomic mass is 10.1. The van der Waals surface area contributed by atoms with Crippen LogP contribution < -0.4 is 5.32 Å². The lowest BCUT2D eigenvalue weighted by Crippen LogP contribution is -2.31. The second-order valence-electron chi connectivity index (χ2n) is 7.41. The standard InChI is InChI=1S/C24H23ClFN3O5/c1-29(21(30)9-8-15-4-3-5-19(26)22(15)25)10-11-34-24(32)28-20-13-16-6-7-17(23(31)33-2)12-18(16)14-27-20/h3-7,12-14H,8-11H2,1-2H3,(H,27,28,32). The summed E-state index contributed by atoms with van der Waals surface area (Å²) in [5.41, 5.74) is 0.957. The molecule has 0 aliphatic rings. The van der Waals surface area contributed by atoms with Crippen molar-refractivity contribution >= 4 is 46.2 Å². The third-order valence-electron chi connectivity index (χ3n) is 5.10. The summed E-state index contributed by atoms with van der Waals surface area (Å²) in [4.78, 5) is 41.6. The van der Waals surface area contributed by atoms with Crippen LogP contribution in [0.4, 0.5) is 15.0 Å². The zero-order chi connectivity index (χ0) is 24.7. The van der Waals surface area contributed by atoms with Gasteiger partial charge in [0.2, 0.25) is 5.91 Å². The van der Waals surface area contributed by atoms with Crippen LogP contribution in [0.15, 0.2) is 48.7 Å². The summed E-state index contributed by atoms with van der Waals surface area (Å²) in [6.07, 6.45) is 1.25. The largest absolute Gasteiger partial charge is 0.465 e. The van der Waals surface area contributed by atoms with Gasteiger partial charge in [-0.05, 0) is 41.6 Å². The zero-order valence-corrected chi connectivity index (χ0v) is 19.4. The molecule has 178 valence electrons. The molecule has 1 N–H and O–H groups in total. The van der Waals surface area contributed by atoms with Crippen molar-refractivity contribution in [1.29, 1.82) is 0 Å². The van der Waals surface area contributed by atoms with Crippen molar-refractivity contribution < 1.29 is 28.2 Å². The first-order valence-corrected chi connectivity index (χ1v) is 10.7. The van der Waals surface area contributed by atoms with E-state index in [4.69, 9.17) is 21.1 Å². The smallest absolute Gasteiger partial charge is 0.412 e. The van der Waals surface area contributed by atoms with Gasteiger partial charge in [0, 0.05) is 25.1 Å². The normalized spacial score (nSPS) is 10.6. The highest BCUT2D eigenvalue weighted by Gasteiger charge is 2.13. The second kappa shape index (κ2) is 11.4. The quantitative estimate of drug-likeness (QED) is 0.471. The minimum absolute atomic E-state index is 0.0177. The molecule has 0 bridgehead atoms. The van der Waals surface area contributed by atoms with Crippen LogP contribution >= 0.6 is 11.6 Å². The number of pyridine rings is 1. The number of amides is 2. The maximum absolute atomic E-state index is 13.5. The van der Waals surface area contributed by atoms with Gasteiger partial charge in [0.1, 0.15) is 18.2 Å². The Kier molecular flexibility index (Phi) is 8.37. The van der Waals surface area contributed by atoms with Crippen LogP contribution in [-0.2, 0) is 20.7 Å². The van der Waals surface area contributed by atoms with E-state index in [1.165, 1.54) is 24.3 Å². The number of hydrogen-bond acceptors (Lipinski definition) is 6. The van der Waals surface area contributed by atoms with E-state index >= 15 is 0 Å². The highest BCUT2D eigenvalue weighted by molar-refractivity contribution is 6.31. The third-order valence-corrected chi connectivity index (χ3v) is 5.52. The lowest BCUT2D eigenvalue weighted by molar-refractivity contribution is -0.130. The topological polar surface area (TPSA) is 97.8 Å². The van der Waals surface area contributed by atoms with E-state index in [0.29, 0.717) is 22.9 Å². The Balaban J connectivity index is 1.45. The molecule has 34 heavy (non-hydrogen) atoms. The Morgan fingerprint density at radius 1 is 1.15 bits per heavy atom. The van der Waals surface area contributed by atoms with Crippen LogP contribution in [0.3, 0.4) is 0 Å². The number of nitrogens with zero attached hydrogens (tertiary/aromatic N) is 2. The van der Waals surface area contributed by atoms with E-state index < -0.39 is 17.9 Å². The molecule has 8 nitrogen and oxygen atoms in total. The van der Waals surface area contributed by atoms with Gasteiger partial charge >= 0.3 is 12.1 Å². The number of nitrogens with one attached hydrogen (secondary N) is 1. The number of carbonyl (C=O) groups excluding carboxylic acids is 3.